The Kier molecular flexibility index (Phi) is 10.5. The van der Waals surface area contributed by atoms with Gasteiger partial charge in [0.05, 0.1) is 32.4 Å². The summed E-state index contributed by atoms with van der Waals surface area (Å²) in [5.74, 6) is -1.04. The molecule has 12 nitrogen and oxygen atoms in total. The molecule has 0 unspecified atom stereocenters. The summed E-state index contributed by atoms with van der Waals surface area (Å²) in [4.78, 5) is 42.4. The third kappa shape index (κ3) is 8.96. The molecule has 4 aromatic carbocycles. The number of amides is 2. The number of benzene rings is 4. The number of fused-ring (bicyclic) bond motifs is 2. The van der Waals surface area contributed by atoms with Crippen LogP contribution in [-0.2, 0) is 13.1 Å². The fourth-order valence-electron chi connectivity index (χ4n) is 5.33. The molecule has 3 aromatic heterocycles. The van der Waals surface area contributed by atoms with Crippen LogP contribution < -0.4 is 21.3 Å². The average Bonchev–Trinajstić information content (AvgIpc) is 3.81. The topological polar surface area (TPSA) is 159 Å². The maximum absolute atomic E-state index is 14.8. The maximum Gasteiger partial charge on any atom is 0.287 e. The van der Waals surface area contributed by atoms with E-state index in [-0.39, 0.29) is 48.2 Å². The number of carbonyl (C=O) groups excluding carboxylic acids is 2. The molecule has 3 heterocycles. The molecule has 2 amide bonds. The van der Waals surface area contributed by atoms with Gasteiger partial charge >= 0.3 is 0 Å². The summed E-state index contributed by atoms with van der Waals surface area (Å²) in [6.45, 7) is 1.57. The summed E-state index contributed by atoms with van der Waals surface area (Å²) < 4.78 is 26.3. The standard InChI is InChI=1S/C40H33FN8O4/c41-32-25-46-40(48-31-12-14-34-29(20-31)22-36(53-34)39(51)45-18-16-43-24-27-9-5-2-6-10-27)49-37(32)47-30-11-13-33-28(19-30)21-35(52-33)38(50)44-17-15-42-23-26-7-3-1-4-8-26/h1-16,19-22,25H,17-18,23-24H2,(H,44,50)(H,45,51)(H2,46,47,48,49). The number of aliphatic imine (C=N–C) groups is 2. The molecule has 264 valence electrons. The minimum atomic E-state index is -0.664. The molecular formula is C40H33FN8O4. The van der Waals surface area contributed by atoms with E-state index in [0.717, 1.165) is 17.3 Å². The second-order valence-electron chi connectivity index (χ2n) is 11.8. The Morgan fingerprint density at radius 1 is 0.660 bits per heavy atom. The fourth-order valence-corrected chi connectivity index (χ4v) is 5.33. The number of furan rings is 2. The molecule has 0 aliphatic heterocycles. The van der Waals surface area contributed by atoms with Gasteiger partial charge in [-0.25, -0.2) is 9.37 Å². The number of nitrogens with zero attached hydrogens (tertiary/aromatic N) is 4. The van der Waals surface area contributed by atoms with E-state index < -0.39 is 5.82 Å². The van der Waals surface area contributed by atoms with Gasteiger partial charge in [-0.3, -0.25) is 19.6 Å². The monoisotopic (exact) mass is 708 g/mol. The van der Waals surface area contributed by atoms with E-state index in [1.807, 2.05) is 60.7 Å². The summed E-state index contributed by atoms with van der Waals surface area (Å²) >= 11 is 0. The van der Waals surface area contributed by atoms with Crippen LogP contribution in [-0.4, -0.2) is 47.3 Å². The third-order valence-electron chi connectivity index (χ3n) is 7.94. The minimum absolute atomic E-state index is 0.0613. The molecule has 0 saturated heterocycles. The van der Waals surface area contributed by atoms with E-state index in [1.165, 1.54) is 0 Å². The molecule has 0 fully saturated rings. The summed E-state index contributed by atoms with van der Waals surface area (Å²) in [5, 5.41) is 12.9. The maximum atomic E-state index is 14.8. The molecule has 0 radical (unpaired) electrons. The predicted octanol–water partition coefficient (Wildman–Crippen LogP) is 7.60. The van der Waals surface area contributed by atoms with Gasteiger partial charge in [0.15, 0.2) is 23.2 Å². The average molecular weight is 709 g/mol. The highest BCUT2D eigenvalue weighted by Crippen LogP contribution is 2.28. The highest BCUT2D eigenvalue weighted by Gasteiger charge is 2.15. The first-order valence-electron chi connectivity index (χ1n) is 16.7. The molecule has 0 aliphatic rings. The van der Waals surface area contributed by atoms with Gasteiger partial charge in [0.2, 0.25) is 5.95 Å². The number of nitrogens with one attached hydrogen (secondary N) is 4. The first kappa shape index (κ1) is 34.3. The van der Waals surface area contributed by atoms with Crippen LogP contribution in [0.1, 0.15) is 32.2 Å². The Morgan fingerprint density at radius 2 is 1.17 bits per heavy atom. The van der Waals surface area contributed by atoms with Crippen molar-refractivity contribution in [3.05, 3.63) is 144 Å². The second-order valence-corrected chi connectivity index (χ2v) is 11.8. The molecule has 0 bridgehead atoms. The molecule has 0 atom stereocenters. The van der Waals surface area contributed by atoms with E-state index in [1.54, 1.807) is 61.0 Å². The number of anilines is 4. The molecule has 7 rings (SSSR count). The lowest BCUT2D eigenvalue weighted by Gasteiger charge is -2.09. The van der Waals surface area contributed by atoms with Crippen molar-refractivity contribution >= 4 is 69.3 Å². The normalized spacial score (nSPS) is 11.4. The van der Waals surface area contributed by atoms with Crippen molar-refractivity contribution in [3.63, 3.8) is 0 Å². The number of aromatic nitrogens is 2. The van der Waals surface area contributed by atoms with Gasteiger partial charge < -0.3 is 30.1 Å². The Labute approximate surface area is 302 Å². The van der Waals surface area contributed by atoms with Crippen LogP contribution in [0, 0.1) is 5.82 Å². The van der Waals surface area contributed by atoms with Gasteiger partial charge in [-0.15, -0.1) is 0 Å². The first-order chi connectivity index (χ1) is 26.0. The van der Waals surface area contributed by atoms with Crippen molar-refractivity contribution in [2.24, 2.45) is 9.98 Å². The minimum Gasteiger partial charge on any atom is -0.451 e. The van der Waals surface area contributed by atoms with E-state index in [0.29, 0.717) is 46.4 Å². The van der Waals surface area contributed by atoms with E-state index in [2.05, 4.69) is 41.2 Å². The van der Waals surface area contributed by atoms with Crippen molar-refractivity contribution in [1.82, 2.24) is 20.6 Å². The van der Waals surface area contributed by atoms with Crippen LogP contribution in [0.5, 0.6) is 0 Å². The highest BCUT2D eigenvalue weighted by molar-refractivity contribution is 5.98. The number of rotatable bonds is 14. The number of carbonyl (C=O) groups is 2. The molecule has 0 aliphatic carbocycles. The third-order valence-corrected chi connectivity index (χ3v) is 7.94. The Bertz CT molecular complexity index is 2430. The van der Waals surface area contributed by atoms with Crippen LogP contribution in [0.15, 0.2) is 134 Å². The van der Waals surface area contributed by atoms with Gasteiger partial charge in [0.25, 0.3) is 11.8 Å². The Morgan fingerprint density at radius 3 is 1.70 bits per heavy atom. The van der Waals surface area contributed by atoms with Crippen LogP contribution >= 0.6 is 0 Å². The zero-order chi connectivity index (χ0) is 36.4. The van der Waals surface area contributed by atoms with Gasteiger partial charge in [0, 0.05) is 34.6 Å². The second kappa shape index (κ2) is 16.2. The number of halogens is 1. The van der Waals surface area contributed by atoms with Crippen molar-refractivity contribution in [3.8, 4) is 0 Å². The van der Waals surface area contributed by atoms with E-state index in [4.69, 9.17) is 8.83 Å². The van der Waals surface area contributed by atoms with Gasteiger partial charge in [-0.05, 0) is 59.7 Å². The molecule has 13 heteroatoms. The largest absolute Gasteiger partial charge is 0.451 e. The number of hydrogen-bond donors (Lipinski definition) is 4. The van der Waals surface area contributed by atoms with Crippen molar-refractivity contribution < 1.29 is 22.8 Å². The predicted molar refractivity (Wildman–Crippen MR) is 203 cm³/mol. The lowest BCUT2D eigenvalue weighted by atomic mass is 10.2. The lowest BCUT2D eigenvalue weighted by Crippen LogP contribution is -2.24. The summed E-state index contributed by atoms with van der Waals surface area (Å²) in [7, 11) is 0. The molecule has 4 N–H and O–H groups in total. The molecule has 7 aromatic rings. The van der Waals surface area contributed by atoms with Crippen LogP contribution in [0.4, 0.5) is 27.5 Å². The van der Waals surface area contributed by atoms with E-state index in [9.17, 15) is 14.0 Å². The summed E-state index contributed by atoms with van der Waals surface area (Å²) in [6.07, 6.45) is 4.36. The van der Waals surface area contributed by atoms with Gasteiger partial charge in [0.1, 0.15) is 11.2 Å². The van der Waals surface area contributed by atoms with Crippen molar-refractivity contribution in [2.45, 2.75) is 13.1 Å². The number of hydrogen-bond acceptors (Lipinski definition) is 10. The smallest absolute Gasteiger partial charge is 0.287 e. The quantitative estimate of drug-likeness (QED) is 0.0841. The van der Waals surface area contributed by atoms with Crippen molar-refractivity contribution in [2.75, 3.05) is 23.7 Å². The highest BCUT2D eigenvalue weighted by atomic mass is 19.1. The Hall–Kier alpha value is -7.15. The van der Waals surface area contributed by atoms with Gasteiger partial charge in [-0.1, -0.05) is 60.7 Å². The van der Waals surface area contributed by atoms with Crippen LogP contribution in [0.25, 0.3) is 21.9 Å². The zero-order valence-electron chi connectivity index (χ0n) is 28.3. The zero-order valence-corrected chi connectivity index (χ0v) is 28.3. The lowest BCUT2D eigenvalue weighted by molar-refractivity contribution is 0.0927. The molecular weight excluding hydrogens is 675 g/mol. The molecule has 53 heavy (non-hydrogen) atoms. The van der Waals surface area contributed by atoms with Crippen LogP contribution in [0.3, 0.4) is 0 Å². The summed E-state index contributed by atoms with van der Waals surface area (Å²) in [5.41, 5.74) is 4.29. The van der Waals surface area contributed by atoms with Gasteiger partial charge in [-0.2, -0.15) is 4.98 Å². The van der Waals surface area contributed by atoms with E-state index >= 15 is 0 Å². The molecule has 0 spiro atoms. The van der Waals surface area contributed by atoms with Crippen molar-refractivity contribution in [1.29, 1.82) is 0 Å². The SMILES string of the molecule is O=C(NCC=NCc1ccccc1)c1cc2cc(Nc3ncc(F)c(Nc4ccc5oc(C(=O)NCC=NCc6ccccc6)cc5c4)n3)ccc2o1. The fraction of sp³-hybridized carbons (Fsp3) is 0.100. The Balaban J connectivity index is 0.942. The first-order valence-corrected chi connectivity index (χ1v) is 16.7. The summed E-state index contributed by atoms with van der Waals surface area (Å²) in [6, 6.07) is 33.2. The van der Waals surface area contributed by atoms with Crippen LogP contribution in [0.2, 0.25) is 0 Å². The molecule has 0 saturated carbocycles.